The number of nitrogens with zero attached hydrogens (tertiary/aromatic N) is 1. The summed E-state index contributed by atoms with van der Waals surface area (Å²) >= 11 is 0. The molecular formula is C32H41F3N2O3. The molecule has 8 heteroatoms. The third-order valence-corrected chi connectivity index (χ3v) is 12.5. The highest BCUT2D eigenvalue weighted by atomic mass is 19.4. The van der Waals surface area contributed by atoms with E-state index in [2.05, 4.69) is 39.1 Å². The van der Waals surface area contributed by atoms with Gasteiger partial charge in [-0.15, -0.1) is 0 Å². The number of rotatable bonds is 1. The zero-order valence-electron chi connectivity index (χ0n) is 24.6. The number of hydrogen-bond donors (Lipinski definition) is 1. The maximum Gasteiger partial charge on any atom is 0.471 e. The Morgan fingerprint density at radius 2 is 1.62 bits per heavy atom. The van der Waals surface area contributed by atoms with Crippen LogP contribution in [0.15, 0.2) is 23.3 Å². The fourth-order valence-electron chi connectivity index (χ4n) is 10.1. The molecule has 5 nitrogen and oxygen atoms in total. The molecule has 0 heterocycles. The smallest absolute Gasteiger partial charge is 0.343 e. The minimum atomic E-state index is -4.99. The normalized spacial score (nSPS) is 43.6. The third kappa shape index (κ3) is 3.67. The van der Waals surface area contributed by atoms with Crippen LogP contribution in [0.5, 0.6) is 0 Å². The number of alkyl halides is 3. The third-order valence-electron chi connectivity index (χ3n) is 12.5. The first kappa shape index (κ1) is 29.1. The number of allylic oxidation sites excluding steroid dienone is 4. The first-order chi connectivity index (χ1) is 18.2. The molecule has 1 N–H and O–H groups in total. The van der Waals surface area contributed by atoms with Crippen molar-refractivity contribution in [1.29, 1.82) is 5.26 Å². The molecule has 40 heavy (non-hydrogen) atoms. The number of fused-ring (bicyclic) bond motifs is 7. The Morgan fingerprint density at radius 3 is 2.23 bits per heavy atom. The SMILES string of the molecule is CC1(C)CC[C@]2(NC(=O)C(F)(F)F)CC[C@]3(C)[C@H](C(=O)C=C4[C@@]5(C)C=C(C#N)C(=O)C(C)(C)[C@@H]5CC[C@]43C)[C@H]2C1. The van der Waals surface area contributed by atoms with E-state index in [1.165, 1.54) is 0 Å². The Balaban J connectivity index is 1.67. The van der Waals surface area contributed by atoms with Crippen molar-refractivity contribution in [2.45, 2.75) is 105 Å². The highest BCUT2D eigenvalue weighted by Gasteiger charge is 2.70. The maximum atomic E-state index is 14.4. The summed E-state index contributed by atoms with van der Waals surface area (Å²) in [6.45, 7) is 14.3. The summed E-state index contributed by atoms with van der Waals surface area (Å²) in [6.07, 6.45) is 2.50. The van der Waals surface area contributed by atoms with Gasteiger partial charge in [0.25, 0.3) is 0 Å². The minimum absolute atomic E-state index is 0.0840. The number of carbonyl (C=O) groups excluding carboxylic acids is 3. The van der Waals surface area contributed by atoms with Crippen LogP contribution in [0.3, 0.4) is 0 Å². The fraction of sp³-hybridized carbons (Fsp3) is 0.750. The van der Waals surface area contributed by atoms with Crippen molar-refractivity contribution >= 4 is 17.5 Å². The molecule has 0 aromatic heterocycles. The lowest BCUT2D eigenvalue weighted by Crippen LogP contribution is -2.70. The molecule has 0 bridgehead atoms. The lowest BCUT2D eigenvalue weighted by Gasteiger charge is -2.69. The average molecular weight is 559 g/mol. The van der Waals surface area contributed by atoms with Gasteiger partial charge < -0.3 is 5.32 Å². The summed E-state index contributed by atoms with van der Waals surface area (Å²) in [5, 5.41) is 12.3. The first-order valence-electron chi connectivity index (χ1n) is 14.5. The van der Waals surface area contributed by atoms with E-state index in [-0.39, 0.29) is 28.5 Å². The largest absolute Gasteiger partial charge is 0.471 e. The highest BCUT2D eigenvalue weighted by Crippen LogP contribution is 2.73. The quantitative estimate of drug-likeness (QED) is 0.391. The molecule has 1 amide bonds. The minimum Gasteiger partial charge on any atom is -0.343 e. The van der Waals surface area contributed by atoms with Crippen LogP contribution in [0.1, 0.15) is 93.4 Å². The zero-order chi connectivity index (χ0) is 29.9. The van der Waals surface area contributed by atoms with Crippen LogP contribution in [0.25, 0.3) is 0 Å². The summed E-state index contributed by atoms with van der Waals surface area (Å²) in [5.74, 6) is -3.25. The van der Waals surface area contributed by atoms with Crippen LogP contribution in [0.4, 0.5) is 13.2 Å². The van der Waals surface area contributed by atoms with Crippen molar-refractivity contribution in [3.05, 3.63) is 23.3 Å². The lowest BCUT2D eigenvalue weighted by atomic mass is 9.35. The second kappa shape index (κ2) is 8.32. The number of carbonyl (C=O) groups is 3. The number of ketones is 2. The van der Waals surface area contributed by atoms with Gasteiger partial charge in [-0.2, -0.15) is 18.4 Å². The number of nitriles is 1. The molecule has 5 aliphatic rings. The van der Waals surface area contributed by atoms with E-state index in [1.54, 1.807) is 12.2 Å². The van der Waals surface area contributed by atoms with Crippen molar-refractivity contribution in [3.8, 4) is 6.07 Å². The molecule has 3 saturated carbocycles. The van der Waals surface area contributed by atoms with Crippen molar-refractivity contribution < 1.29 is 27.6 Å². The predicted molar refractivity (Wildman–Crippen MR) is 143 cm³/mol. The van der Waals surface area contributed by atoms with E-state index < -0.39 is 51.1 Å². The second-order valence-corrected chi connectivity index (χ2v) is 15.4. The van der Waals surface area contributed by atoms with Crippen LogP contribution in [-0.4, -0.2) is 29.2 Å². The Bertz CT molecular complexity index is 1300. The highest BCUT2D eigenvalue weighted by molar-refractivity contribution is 6.04. The summed E-state index contributed by atoms with van der Waals surface area (Å²) in [5.41, 5.74) is -2.67. The second-order valence-electron chi connectivity index (χ2n) is 15.4. The van der Waals surface area contributed by atoms with Gasteiger partial charge in [0.05, 0.1) is 5.57 Å². The van der Waals surface area contributed by atoms with E-state index in [0.29, 0.717) is 32.1 Å². The van der Waals surface area contributed by atoms with Gasteiger partial charge >= 0.3 is 12.1 Å². The molecule has 0 aromatic rings. The molecular weight excluding hydrogens is 517 g/mol. The maximum absolute atomic E-state index is 14.4. The van der Waals surface area contributed by atoms with Crippen molar-refractivity contribution in [1.82, 2.24) is 5.32 Å². The predicted octanol–water partition coefficient (Wildman–Crippen LogP) is 6.64. The molecule has 0 radical (unpaired) electrons. The fourth-order valence-corrected chi connectivity index (χ4v) is 10.1. The van der Waals surface area contributed by atoms with E-state index in [9.17, 15) is 32.8 Å². The molecule has 0 aromatic carbocycles. The molecule has 0 saturated heterocycles. The van der Waals surface area contributed by atoms with E-state index in [0.717, 1.165) is 18.4 Å². The summed E-state index contributed by atoms with van der Waals surface area (Å²) in [4.78, 5) is 39.9. The van der Waals surface area contributed by atoms with Crippen LogP contribution in [-0.2, 0) is 14.4 Å². The topological polar surface area (TPSA) is 87.0 Å². The van der Waals surface area contributed by atoms with Crippen molar-refractivity contribution in [2.24, 2.45) is 44.8 Å². The number of hydrogen-bond acceptors (Lipinski definition) is 4. The molecule has 3 fully saturated rings. The molecule has 0 aliphatic heterocycles. The lowest BCUT2D eigenvalue weighted by molar-refractivity contribution is -0.185. The number of halogens is 3. The Hall–Kier alpha value is -2.43. The van der Waals surface area contributed by atoms with Crippen LogP contribution in [0, 0.1) is 56.2 Å². The van der Waals surface area contributed by atoms with Gasteiger partial charge in [-0.3, -0.25) is 14.4 Å². The summed E-state index contributed by atoms with van der Waals surface area (Å²) in [6, 6.07) is 2.10. The van der Waals surface area contributed by atoms with Crippen LogP contribution >= 0.6 is 0 Å². The van der Waals surface area contributed by atoms with Gasteiger partial charge in [-0.05, 0) is 79.1 Å². The Labute approximate surface area is 235 Å². The van der Waals surface area contributed by atoms with Crippen LogP contribution in [0.2, 0.25) is 0 Å². The Morgan fingerprint density at radius 1 is 1.00 bits per heavy atom. The standard InChI is InChI=1S/C32H41F3N2O3/c1-26(2)10-12-31(37-25(40)32(33,34)35)13-11-30(7)23(19(31)16-26)20(38)14-22-28(5)15-18(17-36)24(39)27(3,4)21(28)8-9-29(22,30)6/h14-15,19,21,23H,8-13,16H2,1-7H3,(H,37,40)/t19-,21+,23+,28+,29-,30-,31+/m1/s1. The first-order valence-corrected chi connectivity index (χ1v) is 14.5. The number of nitrogens with one attached hydrogen (secondary N) is 1. The molecule has 5 aliphatic carbocycles. The van der Waals surface area contributed by atoms with Crippen molar-refractivity contribution in [3.63, 3.8) is 0 Å². The van der Waals surface area contributed by atoms with Crippen molar-refractivity contribution in [2.75, 3.05) is 0 Å². The van der Waals surface area contributed by atoms with Crippen LogP contribution < -0.4 is 5.32 Å². The average Bonchev–Trinajstić information content (AvgIpc) is 2.83. The summed E-state index contributed by atoms with van der Waals surface area (Å²) in [7, 11) is 0. The van der Waals surface area contributed by atoms with Gasteiger partial charge in [-0.1, -0.05) is 60.1 Å². The molecule has 0 unspecified atom stereocenters. The number of amides is 1. The van der Waals surface area contributed by atoms with E-state index >= 15 is 0 Å². The van der Waals surface area contributed by atoms with E-state index in [4.69, 9.17) is 0 Å². The molecule has 5 rings (SSSR count). The zero-order valence-corrected chi connectivity index (χ0v) is 24.6. The Kier molecular flexibility index (Phi) is 6.05. The van der Waals surface area contributed by atoms with Gasteiger partial charge in [0.15, 0.2) is 11.6 Å². The molecule has 218 valence electrons. The van der Waals surface area contributed by atoms with Gasteiger partial charge in [0, 0.05) is 22.3 Å². The van der Waals surface area contributed by atoms with Gasteiger partial charge in [0.1, 0.15) is 6.07 Å². The monoisotopic (exact) mass is 558 g/mol. The van der Waals surface area contributed by atoms with Gasteiger partial charge in [-0.25, -0.2) is 0 Å². The van der Waals surface area contributed by atoms with E-state index in [1.807, 2.05) is 20.8 Å². The number of Topliss-reactive ketones (excluding diaryl/α,β-unsaturated/α-hetero) is 1. The van der Waals surface area contributed by atoms with Gasteiger partial charge in [0.2, 0.25) is 0 Å². The molecule has 0 spiro atoms. The molecule has 7 atom stereocenters. The summed E-state index contributed by atoms with van der Waals surface area (Å²) < 4.78 is 40.5.